The van der Waals surface area contributed by atoms with Gasteiger partial charge in [-0.1, -0.05) is 37.3 Å². The third-order valence-electron chi connectivity index (χ3n) is 5.72. The Morgan fingerprint density at radius 3 is 2.55 bits per heavy atom. The molecule has 1 aliphatic heterocycles. The second-order valence-electron chi connectivity index (χ2n) is 7.58. The van der Waals surface area contributed by atoms with Crippen molar-refractivity contribution in [3.05, 3.63) is 65.5 Å². The fraction of sp³-hybridized carbons (Fsp3) is 0.391. The van der Waals surface area contributed by atoms with E-state index in [9.17, 15) is 4.79 Å². The number of ether oxygens (including phenoxy) is 1. The van der Waals surface area contributed by atoms with Crippen molar-refractivity contribution < 1.29 is 9.53 Å². The van der Waals surface area contributed by atoms with Crippen molar-refractivity contribution >= 4 is 5.91 Å². The van der Waals surface area contributed by atoms with E-state index in [1.165, 1.54) is 18.4 Å². The first-order chi connectivity index (χ1) is 15.2. The molecule has 8 heteroatoms. The van der Waals surface area contributed by atoms with Gasteiger partial charge in [-0.25, -0.2) is 4.68 Å². The summed E-state index contributed by atoms with van der Waals surface area (Å²) in [5.41, 5.74) is 2.59. The molecule has 2 aromatic heterocycles. The van der Waals surface area contributed by atoms with Crippen LogP contribution in [0.4, 0.5) is 0 Å². The van der Waals surface area contributed by atoms with Gasteiger partial charge in [0.05, 0.1) is 30.6 Å². The molecule has 0 bridgehead atoms. The normalized spacial score (nSPS) is 15.0. The van der Waals surface area contributed by atoms with E-state index >= 15 is 0 Å². The molecular formula is C23H28N6O2. The van der Waals surface area contributed by atoms with Gasteiger partial charge in [-0.15, -0.1) is 10.2 Å². The predicted octanol–water partition coefficient (Wildman–Crippen LogP) is 2.80. The van der Waals surface area contributed by atoms with Crippen molar-refractivity contribution in [3.8, 4) is 11.7 Å². The summed E-state index contributed by atoms with van der Waals surface area (Å²) in [4.78, 5) is 15.5. The average Bonchev–Trinajstić information content (AvgIpc) is 3.50. The average molecular weight is 421 g/mol. The molecule has 1 fully saturated rings. The second-order valence-corrected chi connectivity index (χ2v) is 7.58. The van der Waals surface area contributed by atoms with Crippen LogP contribution >= 0.6 is 0 Å². The van der Waals surface area contributed by atoms with E-state index in [2.05, 4.69) is 49.8 Å². The summed E-state index contributed by atoms with van der Waals surface area (Å²) in [6.07, 6.45) is 4.65. The molecule has 8 nitrogen and oxygen atoms in total. The highest BCUT2D eigenvalue weighted by molar-refractivity contribution is 5.95. The van der Waals surface area contributed by atoms with Gasteiger partial charge in [0.2, 0.25) is 5.88 Å². The highest BCUT2D eigenvalue weighted by atomic mass is 16.5. The largest absolute Gasteiger partial charge is 0.480 e. The van der Waals surface area contributed by atoms with Crippen molar-refractivity contribution in [2.45, 2.75) is 32.2 Å². The summed E-state index contributed by atoms with van der Waals surface area (Å²) in [5, 5.41) is 15.7. The number of nitrogens with one attached hydrogen (secondary N) is 1. The standard InChI is InChI=1S/C23H28N6O2/c1-3-19-18(15-25-29(19)21-11-12-22(31-2)27-26-21)23(30)24-16-20(28-13-7-8-14-28)17-9-5-4-6-10-17/h4-6,9-12,15,20H,3,7-8,13-14,16H2,1-2H3,(H,24,30). The smallest absolute Gasteiger partial charge is 0.254 e. The third-order valence-corrected chi connectivity index (χ3v) is 5.72. The van der Waals surface area contributed by atoms with Crippen LogP contribution in [-0.2, 0) is 6.42 Å². The van der Waals surface area contributed by atoms with Crippen LogP contribution in [0.1, 0.15) is 47.4 Å². The van der Waals surface area contributed by atoms with Crippen LogP contribution in [0.5, 0.6) is 5.88 Å². The number of aromatic nitrogens is 4. The summed E-state index contributed by atoms with van der Waals surface area (Å²) in [6.45, 7) is 4.67. The summed E-state index contributed by atoms with van der Waals surface area (Å²) < 4.78 is 6.73. The van der Waals surface area contributed by atoms with E-state index in [1.807, 2.05) is 13.0 Å². The molecule has 1 N–H and O–H groups in total. The van der Waals surface area contributed by atoms with Gasteiger partial charge in [0.1, 0.15) is 0 Å². The molecule has 1 saturated heterocycles. The Labute approximate surface area is 182 Å². The van der Waals surface area contributed by atoms with Gasteiger partial charge >= 0.3 is 0 Å². The van der Waals surface area contributed by atoms with Gasteiger partial charge in [-0.2, -0.15) is 5.10 Å². The van der Waals surface area contributed by atoms with E-state index in [1.54, 1.807) is 30.1 Å². The minimum absolute atomic E-state index is 0.121. The first-order valence-corrected chi connectivity index (χ1v) is 10.7. The monoisotopic (exact) mass is 420 g/mol. The van der Waals surface area contributed by atoms with Crippen molar-refractivity contribution in [2.24, 2.45) is 0 Å². The lowest BCUT2D eigenvalue weighted by molar-refractivity contribution is 0.0937. The van der Waals surface area contributed by atoms with Gasteiger partial charge in [-0.3, -0.25) is 9.69 Å². The topological polar surface area (TPSA) is 85.2 Å². The number of carbonyl (C=O) groups excluding carboxylic acids is 1. The molecule has 3 heterocycles. The third kappa shape index (κ3) is 4.59. The number of amides is 1. The van der Waals surface area contributed by atoms with Gasteiger partial charge in [0.25, 0.3) is 5.91 Å². The van der Waals surface area contributed by atoms with Crippen molar-refractivity contribution in [2.75, 3.05) is 26.7 Å². The number of carbonyl (C=O) groups is 1. The summed E-state index contributed by atoms with van der Waals surface area (Å²) in [7, 11) is 1.54. The van der Waals surface area contributed by atoms with Crippen LogP contribution in [0.3, 0.4) is 0 Å². The number of nitrogens with zero attached hydrogens (tertiary/aromatic N) is 5. The Kier molecular flexibility index (Phi) is 6.57. The number of hydrogen-bond acceptors (Lipinski definition) is 6. The molecule has 1 atom stereocenters. The number of likely N-dealkylation sites (tertiary alicyclic amines) is 1. The van der Waals surface area contributed by atoms with Crippen LogP contribution in [0.2, 0.25) is 0 Å². The highest BCUT2D eigenvalue weighted by Gasteiger charge is 2.25. The number of hydrogen-bond donors (Lipinski definition) is 1. The molecule has 3 aromatic rings. The quantitative estimate of drug-likeness (QED) is 0.603. The summed E-state index contributed by atoms with van der Waals surface area (Å²) in [5.74, 6) is 0.862. The summed E-state index contributed by atoms with van der Waals surface area (Å²) >= 11 is 0. The molecule has 162 valence electrons. The fourth-order valence-corrected chi connectivity index (χ4v) is 4.11. The fourth-order valence-electron chi connectivity index (χ4n) is 4.11. The van der Waals surface area contributed by atoms with Gasteiger partial charge < -0.3 is 10.1 Å². The maximum Gasteiger partial charge on any atom is 0.254 e. The molecule has 0 radical (unpaired) electrons. The minimum Gasteiger partial charge on any atom is -0.480 e. The lowest BCUT2D eigenvalue weighted by Gasteiger charge is -2.28. The van der Waals surface area contributed by atoms with Crippen LogP contribution in [0.15, 0.2) is 48.7 Å². The van der Waals surface area contributed by atoms with Crippen LogP contribution in [0, 0.1) is 0 Å². The highest BCUT2D eigenvalue weighted by Crippen LogP contribution is 2.24. The van der Waals surface area contributed by atoms with Crippen molar-refractivity contribution in [3.63, 3.8) is 0 Å². The first-order valence-electron chi connectivity index (χ1n) is 10.7. The molecular weight excluding hydrogens is 392 g/mol. The molecule has 0 saturated carbocycles. The second kappa shape index (κ2) is 9.70. The first kappa shape index (κ1) is 21.0. The molecule has 1 amide bonds. The molecule has 0 spiro atoms. The number of benzene rings is 1. The van der Waals surface area contributed by atoms with E-state index in [4.69, 9.17) is 4.74 Å². The van der Waals surface area contributed by atoms with Gasteiger partial charge in [0.15, 0.2) is 5.82 Å². The Bertz CT molecular complexity index is 997. The Hall–Kier alpha value is -3.26. The maximum atomic E-state index is 13.1. The van der Waals surface area contributed by atoms with Crippen LogP contribution in [0.25, 0.3) is 5.82 Å². The van der Waals surface area contributed by atoms with E-state index in [-0.39, 0.29) is 11.9 Å². The SMILES string of the molecule is CCc1c(C(=O)NCC(c2ccccc2)N2CCCC2)cnn1-c1ccc(OC)nn1. The molecule has 31 heavy (non-hydrogen) atoms. The van der Waals surface area contributed by atoms with E-state index in [0.29, 0.717) is 30.2 Å². The van der Waals surface area contributed by atoms with E-state index < -0.39 is 0 Å². The summed E-state index contributed by atoms with van der Waals surface area (Å²) in [6, 6.07) is 14.1. The molecule has 4 rings (SSSR count). The van der Waals surface area contributed by atoms with Crippen LogP contribution < -0.4 is 10.1 Å². The number of rotatable bonds is 8. The zero-order valence-electron chi connectivity index (χ0n) is 18.0. The van der Waals surface area contributed by atoms with Gasteiger partial charge in [-0.05, 0) is 44.0 Å². The van der Waals surface area contributed by atoms with E-state index in [0.717, 1.165) is 18.8 Å². The van der Waals surface area contributed by atoms with Crippen LogP contribution in [-0.4, -0.2) is 57.5 Å². The van der Waals surface area contributed by atoms with Crippen molar-refractivity contribution in [1.29, 1.82) is 0 Å². The zero-order valence-corrected chi connectivity index (χ0v) is 18.0. The Balaban J connectivity index is 1.51. The molecule has 1 aliphatic rings. The zero-order chi connectivity index (χ0) is 21.6. The Morgan fingerprint density at radius 1 is 1.13 bits per heavy atom. The minimum atomic E-state index is -0.121. The number of methoxy groups -OCH3 is 1. The Morgan fingerprint density at radius 2 is 1.90 bits per heavy atom. The molecule has 1 unspecified atom stereocenters. The maximum absolute atomic E-state index is 13.1. The predicted molar refractivity (Wildman–Crippen MR) is 117 cm³/mol. The lowest BCUT2D eigenvalue weighted by atomic mass is 10.1. The molecule has 1 aromatic carbocycles. The molecule has 0 aliphatic carbocycles. The van der Waals surface area contributed by atoms with Gasteiger partial charge in [0, 0.05) is 12.6 Å². The van der Waals surface area contributed by atoms with Crippen molar-refractivity contribution in [1.82, 2.24) is 30.2 Å². The lowest BCUT2D eigenvalue weighted by Crippen LogP contribution is -2.37.